The Morgan fingerprint density at radius 2 is 1.15 bits per heavy atom. The summed E-state index contributed by atoms with van der Waals surface area (Å²) < 4.78 is 6.29. The maximum absolute atomic E-state index is 6.29. The number of unbranched alkanes of at least 4 members (excludes halogenated alkanes) is 2. The number of rotatable bonds is 15. The molecular formula is C37H42IOP. The highest BCUT2D eigenvalue weighted by molar-refractivity contribution is 7.95. The zero-order valence-corrected chi connectivity index (χ0v) is 26.7. The molecule has 0 unspecified atom stereocenters. The van der Waals surface area contributed by atoms with Crippen molar-refractivity contribution in [2.24, 2.45) is 0 Å². The fraction of sp³-hybridized carbons (Fsp3) is 0.243. The van der Waals surface area contributed by atoms with Crippen molar-refractivity contribution in [3.8, 4) is 0 Å². The molecule has 3 heteroatoms. The second kappa shape index (κ2) is 18.0. The Labute approximate surface area is 259 Å². The minimum absolute atomic E-state index is 0. The van der Waals surface area contributed by atoms with Gasteiger partial charge in [0.05, 0.1) is 18.9 Å². The Hall–Kier alpha value is -2.52. The van der Waals surface area contributed by atoms with Gasteiger partial charge >= 0.3 is 0 Å². The molecule has 4 rings (SSSR count). The van der Waals surface area contributed by atoms with Gasteiger partial charge in [0.1, 0.15) is 23.2 Å². The van der Waals surface area contributed by atoms with Gasteiger partial charge in [-0.05, 0) is 48.4 Å². The SMILES string of the molecule is CCCCC[C@@H](/C=C/C=C\CC[P+](c1ccccc1)(c1ccccc1)c1ccccc1)OCc1ccccc1.[I-]. The van der Waals surface area contributed by atoms with Crippen LogP contribution in [0.3, 0.4) is 0 Å². The summed E-state index contributed by atoms with van der Waals surface area (Å²) in [7, 11) is -1.78. The number of allylic oxidation sites excluding steroid dienone is 3. The fourth-order valence-electron chi connectivity index (χ4n) is 5.12. The second-order valence-electron chi connectivity index (χ2n) is 9.97. The molecule has 208 valence electrons. The molecule has 0 fully saturated rings. The predicted octanol–water partition coefficient (Wildman–Crippen LogP) is 5.65. The van der Waals surface area contributed by atoms with Crippen molar-refractivity contribution >= 4 is 23.2 Å². The van der Waals surface area contributed by atoms with Crippen molar-refractivity contribution in [1.29, 1.82) is 0 Å². The van der Waals surface area contributed by atoms with Crippen LogP contribution in [0.15, 0.2) is 146 Å². The van der Waals surface area contributed by atoms with E-state index in [4.69, 9.17) is 4.74 Å². The molecule has 4 aromatic carbocycles. The first kappa shape index (κ1) is 32.0. The quantitative estimate of drug-likeness (QED) is 0.0694. The molecule has 0 aliphatic carbocycles. The maximum Gasteiger partial charge on any atom is 0.112 e. The molecule has 40 heavy (non-hydrogen) atoms. The van der Waals surface area contributed by atoms with Gasteiger partial charge in [0.15, 0.2) is 0 Å². The molecule has 0 heterocycles. The smallest absolute Gasteiger partial charge is 0.112 e. The minimum atomic E-state index is -1.78. The van der Waals surface area contributed by atoms with E-state index in [1.807, 2.05) is 0 Å². The first-order valence-electron chi connectivity index (χ1n) is 14.4. The van der Waals surface area contributed by atoms with Crippen molar-refractivity contribution in [2.75, 3.05) is 6.16 Å². The van der Waals surface area contributed by atoms with Crippen molar-refractivity contribution in [2.45, 2.75) is 51.7 Å². The normalized spacial score (nSPS) is 12.4. The first-order valence-corrected chi connectivity index (χ1v) is 16.3. The molecule has 0 amide bonds. The molecule has 0 saturated carbocycles. The highest BCUT2D eigenvalue weighted by Crippen LogP contribution is 2.55. The van der Waals surface area contributed by atoms with Gasteiger partial charge in [-0.15, -0.1) is 0 Å². The Morgan fingerprint density at radius 1 is 0.650 bits per heavy atom. The van der Waals surface area contributed by atoms with E-state index < -0.39 is 7.26 Å². The minimum Gasteiger partial charge on any atom is -1.00 e. The third-order valence-corrected chi connectivity index (χ3v) is 11.7. The van der Waals surface area contributed by atoms with E-state index in [0.29, 0.717) is 6.61 Å². The Kier molecular flexibility index (Phi) is 14.4. The van der Waals surface area contributed by atoms with Crippen LogP contribution in [0.5, 0.6) is 0 Å². The molecule has 0 bridgehead atoms. The molecule has 4 aromatic rings. The van der Waals surface area contributed by atoms with Crippen LogP contribution in [0, 0.1) is 0 Å². The van der Waals surface area contributed by atoms with E-state index in [9.17, 15) is 0 Å². The monoisotopic (exact) mass is 660 g/mol. The maximum atomic E-state index is 6.29. The van der Waals surface area contributed by atoms with E-state index in [1.165, 1.54) is 40.7 Å². The summed E-state index contributed by atoms with van der Waals surface area (Å²) in [5, 5.41) is 4.32. The van der Waals surface area contributed by atoms with Gasteiger partial charge < -0.3 is 28.7 Å². The van der Waals surface area contributed by atoms with Crippen LogP contribution in [-0.2, 0) is 11.3 Å². The van der Waals surface area contributed by atoms with Crippen molar-refractivity contribution in [3.05, 3.63) is 151 Å². The summed E-state index contributed by atoms with van der Waals surface area (Å²) in [4.78, 5) is 0. The second-order valence-corrected chi connectivity index (χ2v) is 13.6. The Balaban J connectivity index is 0.00000441. The predicted molar refractivity (Wildman–Crippen MR) is 172 cm³/mol. The molecule has 0 aromatic heterocycles. The Morgan fingerprint density at radius 3 is 1.65 bits per heavy atom. The zero-order chi connectivity index (χ0) is 27.0. The summed E-state index contributed by atoms with van der Waals surface area (Å²) >= 11 is 0. The van der Waals surface area contributed by atoms with Crippen LogP contribution in [0.2, 0.25) is 0 Å². The average molecular weight is 661 g/mol. The van der Waals surface area contributed by atoms with Gasteiger partial charge in [0.2, 0.25) is 0 Å². The summed E-state index contributed by atoms with van der Waals surface area (Å²) in [6.07, 6.45) is 16.0. The topological polar surface area (TPSA) is 9.23 Å². The average Bonchev–Trinajstić information content (AvgIpc) is 3.01. The molecule has 1 nitrogen and oxygen atoms in total. The molecule has 0 spiro atoms. The molecule has 0 N–H and O–H groups in total. The van der Waals surface area contributed by atoms with Gasteiger partial charge in [-0.25, -0.2) is 0 Å². The molecular weight excluding hydrogens is 618 g/mol. The highest BCUT2D eigenvalue weighted by Gasteiger charge is 2.44. The van der Waals surface area contributed by atoms with Gasteiger partial charge in [0, 0.05) is 6.42 Å². The van der Waals surface area contributed by atoms with Crippen LogP contribution in [0.25, 0.3) is 0 Å². The van der Waals surface area contributed by atoms with Crippen LogP contribution < -0.4 is 39.9 Å². The van der Waals surface area contributed by atoms with E-state index in [0.717, 1.165) is 19.0 Å². The standard InChI is InChI=1S/C37H42OP.HI/c1-2-3-10-23-34(38-32-33-21-11-6-12-22-33)24-13-4-5-20-31-39(35-25-14-7-15-26-35,36-27-16-8-17-28-36)37-29-18-9-19-30-37;/h4-9,11-19,21-22,24-30,34H,2-3,10,20,23,31-32H2,1H3;1H/q+1;/p-1/b5-4-,24-13+;/t34-;/m0./s1. The van der Waals surface area contributed by atoms with E-state index >= 15 is 0 Å². The first-order chi connectivity index (χ1) is 19.3. The van der Waals surface area contributed by atoms with Crippen LogP contribution in [0.1, 0.15) is 44.6 Å². The molecule has 0 saturated heterocycles. The molecule has 1 atom stereocenters. The molecule has 0 aliphatic rings. The van der Waals surface area contributed by atoms with Gasteiger partial charge in [-0.2, -0.15) is 0 Å². The lowest BCUT2D eigenvalue weighted by molar-refractivity contribution is -0.00000922. The lowest BCUT2D eigenvalue weighted by Gasteiger charge is -2.27. The van der Waals surface area contributed by atoms with E-state index in [-0.39, 0.29) is 30.1 Å². The van der Waals surface area contributed by atoms with Crippen molar-refractivity contribution in [3.63, 3.8) is 0 Å². The van der Waals surface area contributed by atoms with Crippen molar-refractivity contribution < 1.29 is 28.7 Å². The Bertz CT molecular complexity index is 1160. The van der Waals surface area contributed by atoms with Crippen LogP contribution >= 0.6 is 7.26 Å². The van der Waals surface area contributed by atoms with E-state index in [1.54, 1.807) is 0 Å². The summed E-state index contributed by atoms with van der Waals surface area (Å²) in [5.41, 5.74) is 1.23. The third-order valence-electron chi connectivity index (χ3n) is 7.19. The van der Waals surface area contributed by atoms with Gasteiger partial charge in [-0.3, -0.25) is 0 Å². The molecule has 0 aliphatic heterocycles. The highest BCUT2D eigenvalue weighted by atomic mass is 127. The van der Waals surface area contributed by atoms with Gasteiger partial charge in [0.25, 0.3) is 0 Å². The number of benzene rings is 4. The number of halogens is 1. The van der Waals surface area contributed by atoms with Gasteiger partial charge in [-0.1, -0.05) is 135 Å². The van der Waals surface area contributed by atoms with Crippen molar-refractivity contribution in [1.82, 2.24) is 0 Å². The number of ether oxygens (including phenoxy) is 1. The largest absolute Gasteiger partial charge is 1.00 e. The summed E-state index contributed by atoms with van der Waals surface area (Å²) in [5.74, 6) is 0. The lowest BCUT2D eigenvalue weighted by Crippen LogP contribution is -3.00. The number of hydrogen-bond donors (Lipinski definition) is 0. The zero-order valence-electron chi connectivity index (χ0n) is 23.6. The molecule has 0 radical (unpaired) electrons. The lowest BCUT2D eigenvalue weighted by atomic mass is 10.1. The number of hydrogen-bond acceptors (Lipinski definition) is 1. The van der Waals surface area contributed by atoms with E-state index in [2.05, 4.69) is 153 Å². The summed E-state index contributed by atoms with van der Waals surface area (Å²) in [6.45, 7) is 2.91. The fourth-order valence-corrected chi connectivity index (χ4v) is 9.37. The van der Waals surface area contributed by atoms with Crippen LogP contribution in [-0.4, -0.2) is 12.3 Å². The third kappa shape index (κ3) is 9.26. The summed E-state index contributed by atoms with van der Waals surface area (Å²) in [6, 6.07) is 43.9. The van der Waals surface area contributed by atoms with Crippen LogP contribution in [0.4, 0.5) is 0 Å².